The first-order chi connectivity index (χ1) is 16.2. The van der Waals surface area contributed by atoms with Crippen molar-refractivity contribution in [3.63, 3.8) is 0 Å². The number of carbonyl (C=O) groups is 2. The number of hydrogen-bond donors (Lipinski definition) is 1. The number of piperidine rings is 2. The first-order valence-electron chi connectivity index (χ1n) is 13.7. The average Bonchev–Trinajstić information content (AvgIpc) is 2.80. The maximum Gasteiger partial charge on any atom is 0.407 e. The van der Waals surface area contributed by atoms with E-state index in [1.165, 1.54) is 71.8 Å². The Morgan fingerprint density at radius 1 is 0.824 bits per heavy atom. The van der Waals surface area contributed by atoms with Crippen molar-refractivity contribution in [2.24, 2.45) is 11.8 Å². The van der Waals surface area contributed by atoms with Gasteiger partial charge in [-0.1, -0.05) is 25.7 Å². The van der Waals surface area contributed by atoms with Crippen molar-refractivity contribution in [3.05, 3.63) is 0 Å². The number of alkyl carbamates (subject to hydrolysis) is 1. The molecule has 2 rings (SSSR count). The molecular formula is C27H51N3O4. The van der Waals surface area contributed by atoms with Crippen LogP contribution >= 0.6 is 0 Å². The van der Waals surface area contributed by atoms with E-state index in [1.54, 1.807) is 0 Å². The van der Waals surface area contributed by atoms with E-state index in [1.807, 2.05) is 20.8 Å². The Morgan fingerprint density at radius 3 is 2.00 bits per heavy atom. The second kappa shape index (κ2) is 15.6. The Balaban J connectivity index is 1.45. The lowest BCUT2D eigenvalue weighted by molar-refractivity contribution is -0.140. The topological polar surface area (TPSA) is 71.1 Å². The number of nitrogens with one attached hydrogen (secondary N) is 1. The van der Waals surface area contributed by atoms with Gasteiger partial charge in [0.05, 0.1) is 7.11 Å². The number of esters is 1. The summed E-state index contributed by atoms with van der Waals surface area (Å²) in [5, 5.41) is 2.95. The fraction of sp³-hybridized carbons (Fsp3) is 0.926. The molecule has 2 saturated heterocycles. The van der Waals surface area contributed by atoms with Crippen molar-refractivity contribution < 1.29 is 19.1 Å². The summed E-state index contributed by atoms with van der Waals surface area (Å²) in [6, 6.07) is 0. The average molecular weight is 482 g/mol. The molecule has 0 atom stereocenters. The quantitative estimate of drug-likeness (QED) is 0.300. The standard InChI is InChI=1S/C27H51N3O4/c1-27(2,3)34-26(32)28-21-23-12-19-30(20-13-23)22-24-14-17-29(18-15-24)16-10-8-6-5-7-9-11-25(31)33-4/h23-24H,5-22H2,1-4H3,(H,28,32). The molecule has 0 spiro atoms. The van der Waals surface area contributed by atoms with Gasteiger partial charge >= 0.3 is 12.1 Å². The van der Waals surface area contributed by atoms with Gasteiger partial charge in [0.15, 0.2) is 0 Å². The molecule has 0 unspecified atom stereocenters. The molecule has 2 heterocycles. The number of unbranched alkanes of at least 4 members (excludes halogenated alkanes) is 5. The largest absolute Gasteiger partial charge is 0.469 e. The zero-order chi connectivity index (χ0) is 24.8. The van der Waals surface area contributed by atoms with Gasteiger partial charge in [-0.3, -0.25) is 4.79 Å². The molecule has 2 aliphatic heterocycles. The van der Waals surface area contributed by atoms with E-state index in [0.29, 0.717) is 12.3 Å². The molecule has 0 saturated carbocycles. The fourth-order valence-corrected chi connectivity index (χ4v) is 5.09. The lowest BCUT2D eigenvalue weighted by Gasteiger charge is -2.37. The third-order valence-electron chi connectivity index (χ3n) is 7.20. The second-order valence-electron chi connectivity index (χ2n) is 11.4. The van der Waals surface area contributed by atoms with Crippen molar-refractivity contribution in [2.45, 2.75) is 97.0 Å². The number of methoxy groups -OCH3 is 1. The van der Waals surface area contributed by atoms with Crippen LogP contribution in [0.15, 0.2) is 0 Å². The smallest absolute Gasteiger partial charge is 0.407 e. The minimum Gasteiger partial charge on any atom is -0.469 e. The summed E-state index contributed by atoms with van der Waals surface area (Å²) < 4.78 is 10.0. The maximum atomic E-state index is 11.9. The number of ether oxygens (including phenoxy) is 2. The van der Waals surface area contributed by atoms with Crippen LogP contribution in [0.1, 0.15) is 91.4 Å². The number of hydrogen-bond acceptors (Lipinski definition) is 6. The summed E-state index contributed by atoms with van der Waals surface area (Å²) in [6.45, 7) is 13.7. The van der Waals surface area contributed by atoms with Gasteiger partial charge in [0.1, 0.15) is 5.60 Å². The van der Waals surface area contributed by atoms with Gasteiger partial charge < -0.3 is 24.6 Å². The summed E-state index contributed by atoms with van der Waals surface area (Å²) in [5.41, 5.74) is -0.434. The molecule has 1 N–H and O–H groups in total. The number of carbonyl (C=O) groups excluding carboxylic acids is 2. The summed E-state index contributed by atoms with van der Waals surface area (Å²) >= 11 is 0. The van der Waals surface area contributed by atoms with Crippen LogP contribution in [-0.4, -0.2) is 80.4 Å². The van der Waals surface area contributed by atoms with E-state index >= 15 is 0 Å². The molecule has 34 heavy (non-hydrogen) atoms. The third-order valence-corrected chi connectivity index (χ3v) is 7.20. The zero-order valence-electron chi connectivity index (χ0n) is 22.4. The number of likely N-dealkylation sites (tertiary alicyclic amines) is 2. The van der Waals surface area contributed by atoms with E-state index in [9.17, 15) is 9.59 Å². The molecule has 7 nitrogen and oxygen atoms in total. The highest BCUT2D eigenvalue weighted by Gasteiger charge is 2.25. The van der Waals surface area contributed by atoms with E-state index in [4.69, 9.17) is 4.74 Å². The number of rotatable bonds is 13. The van der Waals surface area contributed by atoms with E-state index in [2.05, 4.69) is 19.9 Å². The molecule has 0 aliphatic carbocycles. The second-order valence-corrected chi connectivity index (χ2v) is 11.4. The highest BCUT2D eigenvalue weighted by atomic mass is 16.6. The molecular weight excluding hydrogens is 430 g/mol. The predicted octanol–water partition coefficient (Wildman–Crippen LogP) is 4.84. The van der Waals surface area contributed by atoms with Crippen LogP contribution in [0.5, 0.6) is 0 Å². The Kier molecular flexibility index (Phi) is 13.3. The van der Waals surface area contributed by atoms with Crippen LogP contribution in [0.3, 0.4) is 0 Å². The Bertz CT molecular complexity index is 577. The molecule has 0 aromatic rings. The van der Waals surface area contributed by atoms with E-state index in [0.717, 1.165) is 51.2 Å². The van der Waals surface area contributed by atoms with E-state index in [-0.39, 0.29) is 12.1 Å². The SMILES string of the molecule is COC(=O)CCCCCCCCN1CCC(CN2CCC(CNC(=O)OC(C)(C)C)CC2)CC1. The van der Waals surface area contributed by atoms with Crippen molar-refractivity contribution in [3.8, 4) is 0 Å². The van der Waals surface area contributed by atoms with Crippen LogP contribution in [0.2, 0.25) is 0 Å². The number of nitrogens with zero attached hydrogens (tertiary/aromatic N) is 2. The Morgan fingerprint density at radius 2 is 1.38 bits per heavy atom. The zero-order valence-corrected chi connectivity index (χ0v) is 22.4. The van der Waals surface area contributed by atoms with Gasteiger partial charge in [-0.15, -0.1) is 0 Å². The van der Waals surface area contributed by atoms with E-state index < -0.39 is 5.60 Å². The molecule has 0 aromatic heterocycles. The summed E-state index contributed by atoms with van der Waals surface area (Å²) in [7, 11) is 1.46. The molecule has 1 amide bonds. The van der Waals surface area contributed by atoms with Gasteiger partial charge in [0.2, 0.25) is 0 Å². The fourth-order valence-electron chi connectivity index (χ4n) is 5.09. The van der Waals surface area contributed by atoms with Crippen molar-refractivity contribution in [1.29, 1.82) is 0 Å². The monoisotopic (exact) mass is 481 g/mol. The molecule has 2 fully saturated rings. The highest BCUT2D eigenvalue weighted by Crippen LogP contribution is 2.23. The first kappa shape index (κ1) is 28.9. The van der Waals surface area contributed by atoms with Gasteiger partial charge in [-0.2, -0.15) is 0 Å². The van der Waals surface area contributed by atoms with Crippen molar-refractivity contribution >= 4 is 12.1 Å². The van der Waals surface area contributed by atoms with Crippen molar-refractivity contribution in [2.75, 3.05) is 52.9 Å². The molecule has 0 aromatic carbocycles. The highest BCUT2D eigenvalue weighted by molar-refractivity contribution is 5.69. The Hall–Kier alpha value is -1.34. The lowest BCUT2D eigenvalue weighted by Crippen LogP contribution is -2.43. The van der Waals surface area contributed by atoms with Gasteiger partial charge in [-0.05, 0) is 104 Å². The van der Waals surface area contributed by atoms with Crippen molar-refractivity contribution in [1.82, 2.24) is 15.1 Å². The molecule has 2 aliphatic rings. The minimum absolute atomic E-state index is 0.0829. The maximum absolute atomic E-state index is 11.9. The van der Waals surface area contributed by atoms with Crippen LogP contribution in [-0.2, 0) is 14.3 Å². The molecule has 0 bridgehead atoms. The van der Waals surface area contributed by atoms with Gasteiger partial charge in [0.25, 0.3) is 0 Å². The summed E-state index contributed by atoms with van der Waals surface area (Å²) in [4.78, 5) is 28.3. The first-order valence-corrected chi connectivity index (χ1v) is 13.7. The van der Waals surface area contributed by atoms with Gasteiger partial charge in [0, 0.05) is 19.5 Å². The van der Waals surface area contributed by atoms with Crippen LogP contribution in [0, 0.1) is 11.8 Å². The van der Waals surface area contributed by atoms with Crippen LogP contribution in [0.25, 0.3) is 0 Å². The number of amides is 1. The van der Waals surface area contributed by atoms with Gasteiger partial charge in [-0.25, -0.2) is 4.79 Å². The Labute approximate surface area is 208 Å². The van der Waals surface area contributed by atoms with Crippen LogP contribution < -0.4 is 5.32 Å². The lowest BCUT2D eigenvalue weighted by atomic mass is 9.92. The molecule has 198 valence electrons. The summed E-state index contributed by atoms with van der Waals surface area (Å²) in [5.74, 6) is 1.32. The molecule has 7 heteroatoms. The summed E-state index contributed by atoms with van der Waals surface area (Å²) in [6.07, 6.45) is 12.5. The van der Waals surface area contributed by atoms with Crippen LogP contribution in [0.4, 0.5) is 4.79 Å². The third kappa shape index (κ3) is 12.9. The predicted molar refractivity (Wildman–Crippen MR) is 137 cm³/mol. The normalized spacial score (nSPS) is 19.2. The minimum atomic E-state index is -0.434. The molecule has 0 radical (unpaired) electrons.